The van der Waals surface area contributed by atoms with Crippen molar-refractivity contribution < 1.29 is 9.59 Å². The molecule has 0 saturated heterocycles. The average Bonchev–Trinajstić information content (AvgIpc) is 2.80. The van der Waals surface area contributed by atoms with Crippen LogP contribution in [0.15, 0.2) is 0 Å². The number of primary amides is 1. The largest absolute Gasteiger partial charge is 0.365 e. The standard InChI is InChI=1S/C17H27N3O2S/c1-17(2,3)10-6-7-11-12(9-10)23-16(14(11)15(19)22)20-13(21)5-4-8-18/h10H,4-9,18H2,1-3H3,(H2,19,22)(H,20,21). The van der Waals surface area contributed by atoms with Crippen molar-refractivity contribution in [3.63, 3.8) is 0 Å². The van der Waals surface area contributed by atoms with Gasteiger partial charge in [-0.1, -0.05) is 20.8 Å². The molecule has 1 aliphatic carbocycles. The number of rotatable bonds is 5. The molecule has 1 aromatic rings. The molecule has 0 spiro atoms. The van der Waals surface area contributed by atoms with Crippen LogP contribution < -0.4 is 16.8 Å². The maximum atomic E-state index is 12.0. The molecule has 1 heterocycles. The lowest BCUT2D eigenvalue weighted by atomic mass is 9.72. The summed E-state index contributed by atoms with van der Waals surface area (Å²) in [5, 5.41) is 3.47. The summed E-state index contributed by atoms with van der Waals surface area (Å²) in [6.07, 6.45) is 3.85. The fraction of sp³-hybridized carbons (Fsp3) is 0.647. The van der Waals surface area contributed by atoms with E-state index in [1.165, 1.54) is 16.2 Å². The van der Waals surface area contributed by atoms with E-state index in [1.807, 2.05) is 0 Å². The summed E-state index contributed by atoms with van der Waals surface area (Å²) in [4.78, 5) is 25.1. The number of nitrogens with one attached hydrogen (secondary N) is 1. The van der Waals surface area contributed by atoms with Crippen molar-refractivity contribution in [2.75, 3.05) is 11.9 Å². The number of hydrogen-bond donors (Lipinski definition) is 3. The van der Waals surface area contributed by atoms with Gasteiger partial charge in [-0.3, -0.25) is 9.59 Å². The third-order valence-corrected chi connectivity index (χ3v) is 5.77. The summed E-state index contributed by atoms with van der Waals surface area (Å²) in [5.41, 5.74) is 12.8. The van der Waals surface area contributed by atoms with Gasteiger partial charge >= 0.3 is 0 Å². The summed E-state index contributed by atoms with van der Waals surface area (Å²) in [6.45, 7) is 7.23. The van der Waals surface area contributed by atoms with Gasteiger partial charge in [0.1, 0.15) is 5.00 Å². The molecule has 0 fully saturated rings. The number of thiophene rings is 1. The molecule has 5 nitrogen and oxygen atoms in total. The van der Waals surface area contributed by atoms with E-state index in [0.29, 0.717) is 35.9 Å². The second kappa shape index (κ2) is 7.01. The predicted octanol–water partition coefficient (Wildman–Crippen LogP) is 2.68. The van der Waals surface area contributed by atoms with Crippen LogP contribution in [0, 0.1) is 11.3 Å². The molecule has 0 bridgehead atoms. The third-order valence-electron chi connectivity index (χ3n) is 4.60. The van der Waals surface area contributed by atoms with E-state index >= 15 is 0 Å². The van der Waals surface area contributed by atoms with Crippen molar-refractivity contribution in [2.45, 2.75) is 52.9 Å². The van der Waals surface area contributed by atoms with E-state index < -0.39 is 5.91 Å². The van der Waals surface area contributed by atoms with Crippen molar-refractivity contribution in [1.29, 1.82) is 0 Å². The zero-order valence-electron chi connectivity index (χ0n) is 14.2. The molecule has 23 heavy (non-hydrogen) atoms. The van der Waals surface area contributed by atoms with Crippen LogP contribution >= 0.6 is 11.3 Å². The zero-order valence-corrected chi connectivity index (χ0v) is 15.0. The van der Waals surface area contributed by atoms with Crippen LogP contribution in [0.4, 0.5) is 5.00 Å². The van der Waals surface area contributed by atoms with Crippen LogP contribution in [0.5, 0.6) is 0 Å². The molecule has 0 aliphatic heterocycles. The van der Waals surface area contributed by atoms with Gasteiger partial charge in [-0.15, -0.1) is 11.3 Å². The van der Waals surface area contributed by atoms with Gasteiger partial charge in [0.15, 0.2) is 0 Å². The van der Waals surface area contributed by atoms with Crippen molar-refractivity contribution in [3.05, 3.63) is 16.0 Å². The number of fused-ring (bicyclic) bond motifs is 1. The van der Waals surface area contributed by atoms with E-state index in [9.17, 15) is 9.59 Å². The van der Waals surface area contributed by atoms with Gasteiger partial charge in [-0.25, -0.2) is 0 Å². The number of anilines is 1. The fourth-order valence-corrected chi connectivity index (χ4v) is 4.47. The van der Waals surface area contributed by atoms with Crippen LogP contribution in [-0.4, -0.2) is 18.4 Å². The molecule has 1 atom stereocenters. The highest BCUT2D eigenvalue weighted by Gasteiger charge is 2.33. The molecule has 0 saturated carbocycles. The predicted molar refractivity (Wildman–Crippen MR) is 94.7 cm³/mol. The Bertz CT molecular complexity index is 602. The van der Waals surface area contributed by atoms with Crippen LogP contribution in [-0.2, 0) is 17.6 Å². The average molecular weight is 337 g/mol. The summed E-state index contributed by atoms with van der Waals surface area (Å²) >= 11 is 1.51. The number of carbonyl (C=O) groups excluding carboxylic acids is 2. The molecule has 0 aromatic carbocycles. The van der Waals surface area contributed by atoms with E-state index in [4.69, 9.17) is 11.5 Å². The number of nitrogens with two attached hydrogens (primary N) is 2. The van der Waals surface area contributed by atoms with Crippen LogP contribution in [0.25, 0.3) is 0 Å². The first kappa shape index (κ1) is 17.9. The SMILES string of the molecule is CC(C)(C)C1CCc2c(sc(NC(=O)CCCN)c2C(N)=O)C1. The number of carbonyl (C=O) groups is 2. The fourth-order valence-electron chi connectivity index (χ4n) is 3.13. The summed E-state index contributed by atoms with van der Waals surface area (Å²) in [7, 11) is 0. The molecule has 2 rings (SSSR count). The van der Waals surface area contributed by atoms with Crippen LogP contribution in [0.2, 0.25) is 0 Å². The van der Waals surface area contributed by atoms with Crippen molar-refractivity contribution in [3.8, 4) is 0 Å². The van der Waals surface area contributed by atoms with Crippen LogP contribution in [0.3, 0.4) is 0 Å². The second-order valence-corrected chi connectivity index (χ2v) is 8.42. The van der Waals surface area contributed by atoms with E-state index in [0.717, 1.165) is 24.8 Å². The molecule has 0 radical (unpaired) electrons. The normalized spacial score (nSPS) is 17.7. The highest BCUT2D eigenvalue weighted by Crippen LogP contribution is 2.44. The number of amides is 2. The number of hydrogen-bond acceptors (Lipinski definition) is 4. The molecular weight excluding hydrogens is 310 g/mol. The lowest BCUT2D eigenvalue weighted by Gasteiger charge is -2.33. The quantitative estimate of drug-likeness (QED) is 0.770. The molecule has 2 amide bonds. The first-order chi connectivity index (χ1) is 10.7. The van der Waals surface area contributed by atoms with Gasteiger partial charge in [0.25, 0.3) is 5.91 Å². The maximum absolute atomic E-state index is 12.0. The highest BCUT2D eigenvalue weighted by atomic mass is 32.1. The van der Waals surface area contributed by atoms with Gasteiger partial charge in [-0.2, -0.15) is 0 Å². The Morgan fingerprint density at radius 2 is 2.04 bits per heavy atom. The summed E-state index contributed by atoms with van der Waals surface area (Å²) in [6, 6.07) is 0. The first-order valence-electron chi connectivity index (χ1n) is 8.18. The Labute approximate surface area is 141 Å². The van der Waals surface area contributed by atoms with E-state index in [2.05, 4.69) is 26.1 Å². The molecule has 5 N–H and O–H groups in total. The smallest absolute Gasteiger partial charge is 0.251 e. The Hall–Kier alpha value is -1.40. The lowest BCUT2D eigenvalue weighted by molar-refractivity contribution is -0.116. The van der Waals surface area contributed by atoms with E-state index in [1.54, 1.807) is 0 Å². The molecular formula is C17H27N3O2S. The summed E-state index contributed by atoms with van der Waals surface area (Å²) in [5.74, 6) is 0.0184. The van der Waals surface area contributed by atoms with Gasteiger partial charge in [0.2, 0.25) is 5.91 Å². The van der Waals surface area contributed by atoms with E-state index in [-0.39, 0.29) is 11.3 Å². The molecule has 6 heteroatoms. The minimum Gasteiger partial charge on any atom is -0.365 e. The third kappa shape index (κ3) is 4.12. The topological polar surface area (TPSA) is 98.2 Å². The molecule has 1 aliphatic rings. The highest BCUT2D eigenvalue weighted by molar-refractivity contribution is 7.17. The molecule has 1 aromatic heterocycles. The monoisotopic (exact) mass is 337 g/mol. The Kier molecular flexibility index (Phi) is 5.47. The second-order valence-electron chi connectivity index (χ2n) is 7.32. The van der Waals surface area contributed by atoms with Gasteiger partial charge < -0.3 is 16.8 Å². The van der Waals surface area contributed by atoms with Crippen molar-refractivity contribution >= 4 is 28.2 Å². The lowest BCUT2D eigenvalue weighted by Crippen LogP contribution is -2.27. The minimum atomic E-state index is -0.453. The van der Waals surface area contributed by atoms with Gasteiger partial charge in [-0.05, 0) is 49.1 Å². The molecule has 128 valence electrons. The van der Waals surface area contributed by atoms with Gasteiger partial charge in [0, 0.05) is 11.3 Å². The first-order valence-corrected chi connectivity index (χ1v) is 9.00. The zero-order chi connectivity index (χ0) is 17.2. The Morgan fingerprint density at radius 3 is 2.61 bits per heavy atom. The van der Waals surface area contributed by atoms with Crippen molar-refractivity contribution in [2.24, 2.45) is 22.8 Å². The summed E-state index contributed by atoms with van der Waals surface area (Å²) < 4.78 is 0. The van der Waals surface area contributed by atoms with Crippen LogP contribution in [0.1, 0.15) is 60.8 Å². The Balaban J connectivity index is 2.26. The molecule has 1 unspecified atom stereocenters. The minimum absolute atomic E-state index is 0.107. The Morgan fingerprint density at radius 1 is 1.35 bits per heavy atom. The maximum Gasteiger partial charge on any atom is 0.251 e. The van der Waals surface area contributed by atoms with Gasteiger partial charge in [0.05, 0.1) is 5.56 Å². The van der Waals surface area contributed by atoms with Crippen molar-refractivity contribution in [1.82, 2.24) is 0 Å².